The Morgan fingerprint density at radius 2 is 1.96 bits per heavy atom. The van der Waals surface area contributed by atoms with E-state index in [1.54, 1.807) is 7.05 Å². The number of benzene rings is 2. The van der Waals surface area contributed by atoms with Gasteiger partial charge in [0.05, 0.1) is 0 Å². The van der Waals surface area contributed by atoms with Crippen molar-refractivity contribution in [1.29, 1.82) is 0 Å². The van der Waals surface area contributed by atoms with E-state index in [-0.39, 0.29) is 0 Å². The van der Waals surface area contributed by atoms with Crippen molar-refractivity contribution >= 4 is 21.9 Å². The second kappa shape index (κ2) is 6.96. The normalized spacial score (nSPS) is 21.1. The van der Waals surface area contributed by atoms with Gasteiger partial charge in [-0.25, -0.2) is 0 Å². The summed E-state index contributed by atoms with van der Waals surface area (Å²) in [6.45, 7) is 0.987. The minimum Gasteiger partial charge on any atom is -0.454 e. The van der Waals surface area contributed by atoms with Gasteiger partial charge in [0.2, 0.25) is 6.79 Å². The molecule has 2 aromatic carbocycles. The number of ether oxygens (including phenoxy) is 2. The second-order valence-electron chi connectivity index (χ2n) is 6.26. The molecule has 6 heteroatoms. The summed E-state index contributed by atoms with van der Waals surface area (Å²) in [7, 11) is 1.80. The molecule has 1 fully saturated rings. The van der Waals surface area contributed by atoms with Gasteiger partial charge in [0.25, 0.3) is 0 Å². The second-order valence-corrected chi connectivity index (χ2v) is 7.17. The van der Waals surface area contributed by atoms with Crippen LogP contribution in [0.25, 0.3) is 0 Å². The van der Waals surface area contributed by atoms with Crippen LogP contribution in [-0.2, 0) is 6.54 Å². The standard InChI is InChI=1S/C19H20BrN3O2/c1-21-19(22-10-12-2-7-17-18(8-12)25-11-24-17)23-16-9-15(16)13-3-5-14(20)6-4-13/h2-8,15-16H,9-11H2,1H3,(H2,21,22,23). The zero-order valence-electron chi connectivity index (χ0n) is 14.0. The summed E-state index contributed by atoms with van der Waals surface area (Å²) in [4.78, 5) is 4.33. The quantitative estimate of drug-likeness (QED) is 0.608. The third-order valence-electron chi connectivity index (χ3n) is 4.53. The van der Waals surface area contributed by atoms with Gasteiger partial charge in [-0.15, -0.1) is 0 Å². The number of fused-ring (bicyclic) bond motifs is 1. The lowest BCUT2D eigenvalue weighted by Crippen LogP contribution is -2.38. The number of nitrogens with zero attached hydrogens (tertiary/aromatic N) is 1. The van der Waals surface area contributed by atoms with Crippen LogP contribution in [0.3, 0.4) is 0 Å². The zero-order chi connectivity index (χ0) is 17.2. The molecule has 2 aromatic rings. The van der Waals surface area contributed by atoms with Gasteiger partial charge in [-0.05, 0) is 41.8 Å². The topological polar surface area (TPSA) is 54.9 Å². The van der Waals surface area contributed by atoms with Gasteiger partial charge in [0, 0.05) is 30.0 Å². The highest BCUT2D eigenvalue weighted by atomic mass is 79.9. The number of nitrogens with one attached hydrogen (secondary N) is 2. The van der Waals surface area contributed by atoms with Gasteiger partial charge in [0.1, 0.15) is 0 Å². The molecule has 2 aliphatic rings. The lowest BCUT2D eigenvalue weighted by molar-refractivity contribution is 0.174. The van der Waals surface area contributed by atoms with E-state index in [4.69, 9.17) is 9.47 Å². The van der Waals surface area contributed by atoms with Crippen LogP contribution in [0.5, 0.6) is 11.5 Å². The van der Waals surface area contributed by atoms with E-state index in [2.05, 4.69) is 55.8 Å². The third-order valence-corrected chi connectivity index (χ3v) is 5.06. The van der Waals surface area contributed by atoms with Crippen molar-refractivity contribution in [2.45, 2.75) is 24.9 Å². The van der Waals surface area contributed by atoms with Crippen molar-refractivity contribution in [1.82, 2.24) is 10.6 Å². The van der Waals surface area contributed by atoms with Crippen molar-refractivity contribution in [3.8, 4) is 11.5 Å². The molecule has 1 aliphatic carbocycles. The fourth-order valence-electron chi connectivity index (χ4n) is 3.04. The summed E-state index contributed by atoms with van der Waals surface area (Å²) in [6.07, 6.45) is 1.13. The van der Waals surface area contributed by atoms with E-state index in [0.29, 0.717) is 25.3 Å². The van der Waals surface area contributed by atoms with E-state index >= 15 is 0 Å². The summed E-state index contributed by atoms with van der Waals surface area (Å²) >= 11 is 3.48. The number of hydrogen-bond acceptors (Lipinski definition) is 3. The molecule has 0 amide bonds. The van der Waals surface area contributed by atoms with Gasteiger partial charge >= 0.3 is 0 Å². The van der Waals surface area contributed by atoms with Gasteiger partial charge in [-0.3, -0.25) is 4.99 Å². The molecule has 4 rings (SSSR count). The molecule has 0 saturated heterocycles. The Morgan fingerprint density at radius 3 is 2.76 bits per heavy atom. The summed E-state index contributed by atoms with van der Waals surface area (Å²) < 4.78 is 11.9. The molecule has 1 saturated carbocycles. The lowest BCUT2D eigenvalue weighted by atomic mass is 10.1. The SMILES string of the molecule is CN=C(NCc1ccc2c(c1)OCO2)NC1CC1c1ccc(Br)cc1. The molecule has 1 aliphatic heterocycles. The van der Waals surface area contributed by atoms with E-state index in [1.165, 1.54) is 5.56 Å². The molecule has 0 bridgehead atoms. The van der Waals surface area contributed by atoms with E-state index in [1.807, 2.05) is 18.2 Å². The predicted molar refractivity (Wildman–Crippen MR) is 101 cm³/mol. The molecule has 25 heavy (non-hydrogen) atoms. The minimum absolute atomic E-state index is 0.300. The molecule has 1 heterocycles. The van der Waals surface area contributed by atoms with Crippen molar-refractivity contribution in [3.63, 3.8) is 0 Å². The maximum absolute atomic E-state index is 5.42. The molecular formula is C19H20BrN3O2. The van der Waals surface area contributed by atoms with Crippen LogP contribution in [-0.4, -0.2) is 25.8 Å². The van der Waals surface area contributed by atoms with Gasteiger partial charge in [-0.2, -0.15) is 0 Å². The first kappa shape index (κ1) is 16.3. The number of aliphatic imine (C=N–C) groups is 1. The van der Waals surface area contributed by atoms with Crippen LogP contribution in [0.2, 0.25) is 0 Å². The van der Waals surface area contributed by atoms with Crippen molar-refractivity contribution in [3.05, 3.63) is 58.1 Å². The van der Waals surface area contributed by atoms with Crippen LogP contribution in [0.4, 0.5) is 0 Å². The van der Waals surface area contributed by atoms with Gasteiger partial charge < -0.3 is 20.1 Å². The summed E-state index contributed by atoms with van der Waals surface area (Å²) in [5.74, 6) is 2.99. The Hall–Kier alpha value is -2.21. The molecular weight excluding hydrogens is 382 g/mol. The van der Waals surface area contributed by atoms with Crippen LogP contribution in [0.1, 0.15) is 23.5 Å². The number of guanidine groups is 1. The Labute approximate surface area is 155 Å². The fraction of sp³-hybridized carbons (Fsp3) is 0.316. The number of hydrogen-bond donors (Lipinski definition) is 2. The summed E-state index contributed by atoms with van der Waals surface area (Å²) in [5.41, 5.74) is 2.50. The van der Waals surface area contributed by atoms with Crippen molar-refractivity contribution < 1.29 is 9.47 Å². The van der Waals surface area contributed by atoms with Crippen LogP contribution in [0.15, 0.2) is 51.9 Å². The smallest absolute Gasteiger partial charge is 0.231 e. The first-order valence-corrected chi connectivity index (χ1v) is 9.13. The Kier molecular flexibility index (Phi) is 4.53. The molecule has 0 radical (unpaired) electrons. The largest absolute Gasteiger partial charge is 0.454 e. The molecule has 2 atom stereocenters. The minimum atomic E-state index is 0.300. The zero-order valence-corrected chi connectivity index (χ0v) is 15.5. The maximum atomic E-state index is 5.42. The highest BCUT2D eigenvalue weighted by molar-refractivity contribution is 9.10. The summed E-state index contributed by atoms with van der Waals surface area (Å²) in [5, 5.41) is 6.86. The van der Waals surface area contributed by atoms with Crippen molar-refractivity contribution in [2.75, 3.05) is 13.8 Å². The predicted octanol–water partition coefficient (Wildman–Crippen LogP) is 3.40. The highest BCUT2D eigenvalue weighted by Gasteiger charge is 2.38. The highest BCUT2D eigenvalue weighted by Crippen LogP contribution is 2.41. The molecule has 0 aromatic heterocycles. The van der Waals surface area contributed by atoms with Crippen molar-refractivity contribution in [2.24, 2.45) is 4.99 Å². The molecule has 2 unspecified atom stereocenters. The van der Waals surface area contributed by atoms with Gasteiger partial charge in [-0.1, -0.05) is 34.1 Å². The first-order chi connectivity index (χ1) is 12.2. The number of rotatable bonds is 4. The first-order valence-electron chi connectivity index (χ1n) is 8.34. The average Bonchev–Trinajstić information content (AvgIpc) is 3.23. The fourth-order valence-corrected chi connectivity index (χ4v) is 3.30. The molecule has 0 spiro atoms. The molecule has 130 valence electrons. The van der Waals surface area contributed by atoms with E-state index < -0.39 is 0 Å². The lowest BCUT2D eigenvalue weighted by Gasteiger charge is -2.12. The van der Waals surface area contributed by atoms with Crippen LogP contribution in [0, 0.1) is 0 Å². The summed E-state index contributed by atoms with van der Waals surface area (Å²) in [6, 6.07) is 15.0. The Bertz CT molecular complexity index is 792. The monoisotopic (exact) mass is 401 g/mol. The van der Waals surface area contributed by atoms with E-state index in [9.17, 15) is 0 Å². The Morgan fingerprint density at radius 1 is 1.16 bits per heavy atom. The van der Waals surface area contributed by atoms with Crippen LogP contribution < -0.4 is 20.1 Å². The maximum Gasteiger partial charge on any atom is 0.231 e. The van der Waals surface area contributed by atoms with E-state index in [0.717, 1.165) is 33.9 Å². The van der Waals surface area contributed by atoms with Crippen LogP contribution >= 0.6 is 15.9 Å². The molecule has 5 nitrogen and oxygen atoms in total. The average molecular weight is 402 g/mol. The van der Waals surface area contributed by atoms with Gasteiger partial charge in [0.15, 0.2) is 17.5 Å². The molecule has 2 N–H and O–H groups in total. The third kappa shape index (κ3) is 3.74. The Balaban J connectivity index is 1.31. The number of halogens is 1.